The van der Waals surface area contributed by atoms with Gasteiger partial charge in [-0.15, -0.1) is 0 Å². The first-order valence-corrected chi connectivity index (χ1v) is 4.34. The van der Waals surface area contributed by atoms with Crippen molar-refractivity contribution in [2.45, 2.75) is 25.3 Å². The zero-order valence-electron chi connectivity index (χ0n) is 8.11. The second-order valence-corrected chi connectivity index (χ2v) is 3.73. The first-order chi connectivity index (χ1) is 6.83. The van der Waals surface area contributed by atoms with Gasteiger partial charge in [0.05, 0.1) is 5.54 Å². The van der Waals surface area contributed by atoms with Crippen LogP contribution in [0, 0.1) is 11.6 Å². The van der Waals surface area contributed by atoms with Crippen molar-refractivity contribution in [1.82, 2.24) is 0 Å². The van der Waals surface area contributed by atoms with E-state index in [0.717, 1.165) is 12.1 Å². The fourth-order valence-electron chi connectivity index (χ4n) is 1.17. The van der Waals surface area contributed by atoms with Crippen molar-refractivity contribution < 1.29 is 17.6 Å². The van der Waals surface area contributed by atoms with Crippen LogP contribution in [0.5, 0.6) is 0 Å². The molecule has 1 rings (SSSR count). The van der Waals surface area contributed by atoms with Crippen LogP contribution >= 0.6 is 0 Å². The van der Waals surface area contributed by atoms with Crippen LogP contribution in [0.15, 0.2) is 18.2 Å². The molecular weight excluding hydrogens is 210 g/mol. The molecule has 15 heavy (non-hydrogen) atoms. The van der Waals surface area contributed by atoms with Gasteiger partial charge in [-0.05, 0) is 31.0 Å². The summed E-state index contributed by atoms with van der Waals surface area (Å²) < 4.78 is 50.1. The molecule has 2 N–H and O–H groups in total. The van der Waals surface area contributed by atoms with E-state index in [0.29, 0.717) is 0 Å². The number of benzene rings is 1. The first kappa shape index (κ1) is 12.0. The maximum absolute atomic E-state index is 12.8. The summed E-state index contributed by atoms with van der Waals surface area (Å²) in [6.07, 6.45) is -2.92. The minimum atomic E-state index is -2.72. The Morgan fingerprint density at radius 1 is 1.27 bits per heavy atom. The molecular formula is C10H11F4N. The fourth-order valence-corrected chi connectivity index (χ4v) is 1.17. The maximum atomic E-state index is 12.8. The molecule has 0 aliphatic heterocycles. The molecule has 1 aromatic rings. The van der Waals surface area contributed by atoms with E-state index in [-0.39, 0.29) is 12.0 Å². The topological polar surface area (TPSA) is 26.0 Å². The molecule has 1 unspecified atom stereocenters. The van der Waals surface area contributed by atoms with Crippen LogP contribution in [0.1, 0.15) is 12.5 Å². The second-order valence-electron chi connectivity index (χ2n) is 3.73. The Bertz CT molecular complexity index is 349. The number of alkyl halides is 2. The summed E-state index contributed by atoms with van der Waals surface area (Å²) >= 11 is 0. The molecule has 0 spiro atoms. The molecule has 0 heterocycles. The SMILES string of the molecule is CC(N)(Cc1ccc(F)c(F)c1)C(F)F. The zero-order chi connectivity index (χ0) is 11.6. The number of hydrogen-bond acceptors (Lipinski definition) is 1. The van der Waals surface area contributed by atoms with Gasteiger partial charge in [-0.2, -0.15) is 0 Å². The van der Waals surface area contributed by atoms with Crippen molar-refractivity contribution in [1.29, 1.82) is 0 Å². The molecule has 0 bridgehead atoms. The molecule has 5 heteroatoms. The van der Waals surface area contributed by atoms with E-state index in [1.807, 2.05) is 0 Å². The van der Waals surface area contributed by atoms with Gasteiger partial charge in [-0.1, -0.05) is 6.07 Å². The van der Waals surface area contributed by atoms with Gasteiger partial charge >= 0.3 is 0 Å². The van der Waals surface area contributed by atoms with Gasteiger partial charge in [0.1, 0.15) is 0 Å². The Morgan fingerprint density at radius 3 is 2.33 bits per heavy atom. The third-order valence-corrected chi connectivity index (χ3v) is 2.07. The molecule has 0 amide bonds. The predicted octanol–water partition coefficient (Wildman–Crippen LogP) is 2.49. The Balaban J connectivity index is 2.86. The highest BCUT2D eigenvalue weighted by Crippen LogP contribution is 2.19. The Kier molecular flexibility index (Phi) is 3.34. The average Bonchev–Trinajstić information content (AvgIpc) is 2.10. The van der Waals surface area contributed by atoms with Crippen LogP contribution in [-0.4, -0.2) is 12.0 Å². The summed E-state index contributed by atoms with van der Waals surface area (Å²) in [7, 11) is 0. The fraction of sp³-hybridized carbons (Fsp3) is 0.400. The van der Waals surface area contributed by atoms with Gasteiger partial charge in [0.15, 0.2) is 11.6 Å². The minimum Gasteiger partial charge on any atom is -0.320 e. The standard InChI is InChI=1S/C10H11F4N/c1-10(15,9(13)14)5-6-2-3-7(11)8(12)4-6/h2-4,9H,5,15H2,1H3. The molecule has 0 aromatic heterocycles. The van der Waals surface area contributed by atoms with E-state index >= 15 is 0 Å². The Morgan fingerprint density at radius 2 is 1.87 bits per heavy atom. The van der Waals surface area contributed by atoms with Gasteiger partial charge in [0.2, 0.25) is 0 Å². The van der Waals surface area contributed by atoms with Crippen molar-refractivity contribution in [2.24, 2.45) is 5.73 Å². The lowest BCUT2D eigenvalue weighted by atomic mass is 9.94. The normalized spacial score (nSPS) is 15.4. The number of halogens is 4. The molecule has 0 saturated carbocycles. The zero-order valence-corrected chi connectivity index (χ0v) is 8.11. The second kappa shape index (κ2) is 4.18. The lowest BCUT2D eigenvalue weighted by molar-refractivity contribution is 0.0639. The van der Waals surface area contributed by atoms with Crippen LogP contribution in [0.2, 0.25) is 0 Å². The first-order valence-electron chi connectivity index (χ1n) is 4.34. The largest absolute Gasteiger partial charge is 0.320 e. The smallest absolute Gasteiger partial charge is 0.256 e. The van der Waals surface area contributed by atoms with Crippen molar-refractivity contribution >= 4 is 0 Å². The maximum Gasteiger partial charge on any atom is 0.256 e. The van der Waals surface area contributed by atoms with Gasteiger partial charge in [0.25, 0.3) is 6.43 Å². The summed E-state index contributed by atoms with van der Waals surface area (Å²) in [5.41, 5.74) is 3.83. The quantitative estimate of drug-likeness (QED) is 0.779. The summed E-state index contributed by atoms with van der Waals surface area (Å²) in [5, 5.41) is 0. The average molecular weight is 221 g/mol. The molecule has 0 aliphatic carbocycles. The Labute approximate surface area is 84.9 Å². The highest BCUT2D eigenvalue weighted by molar-refractivity contribution is 5.20. The van der Waals surface area contributed by atoms with Gasteiger partial charge in [0, 0.05) is 0 Å². The Hall–Kier alpha value is -1.10. The van der Waals surface area contributed by atoms with E-state index < -0.39 is 23.6 Å². The van der Waals surface area contributed by atoms with Crippen LogP contribution in [0.3, 0.4) is 0 Å². The molecule has 0 saturated heterocycles. The summed E-state index contributed by atoms with van der Waals surface area (Å²) in [6, 6.07) is 3.01. The molecule has 1 atom stereocenters. The molecule has 0 aliphatic rings. The lowest BCUT2D eigenvalue weighted by Crippen LogP contribution is -2.45. The third kappa shape index (κ3) is 2.92. The van der Waals surface area contributed by atoms with Gasteiger partial charge in [-0.25, -0.2) is 17.6 Å². The molecule has 84 valence electrons. The van der Waals surface area contributed by atoms with Crippen molar-refractivity contribution in [3.63, 3.8) is 0 Å². The van der Waals surface area contributed by atoms with Crippen molar-refractivity contribution in [3.8, 4) is 0 Å². The van der Waals surface area contributed by atoms with Crippen molar-refractivity contribution in [3.05, 3.63) is 35.4 Å². The highest BCUT2D eigenvalue weighted by atomic mass is 19.3. The summed E-state index contributed by atoms with van der Waals surface area (Å²) in [4.78, 5) is 0. The minimum absolute atomic E-state index is 0.206. The molecule has 1 nitrogen and oxygen atoms in total. The van der Waals surface area contributed by atoms with E-state index in [2.05, 4.69) is 0 Å². The molecule has 1 aromatic carbocycles. The van der Waals surface area contributed by atoms with Crippen LogP contribution in [0.4, 0.5) is 17.6 Å². The van der Waals surface area contributed by atoms with E-state index in [1.54, 1.807) is 0 Å². The monoisotopic (exact) mass is 221 g/mol. The van der Waals surface area contributed by atoms with E-state index in [4.69, 9.17) is 5.73 Å². The molecule has 0 fully saturated rings. The van der Waals surface area contributed by atoms with E-state index in [1.165, 1.54) is 13.0 Å². The van der Waals surface area contributed by atoms with Crippen LogP contribution in [0.25, 0.3) is 0 Å². The lowest BCUT2D eigenvalue weighted by Gasteiger charge is -2.23. The number of nitrogens with two attached hydrogens (primary N) is 1. The van der Waals surface area contributed by atoms with Gasteiger partial charge in [-0.3, -0.25) is 0 Å². The predicted molar refractivity (Wildman–Crippen MR) is 48.7 cm³/mol. The third-order valence-electron chi connectivity index (χ3n) is 2.07. The highest BCUT2D eigenvalue weighted by Gasteiger charge is 2.30. The van der Waals surface area contributed by atoms with E-state index in [9.17, 15) is 17.6 Å². The van der Waals surface area contributed by atoms with Gasteiger partial charge < -0.3 is 5.73 Å². The van der Waals surface area contributed by atoms with Crippen LogP contribution in [-0.2, 0) is 6.42 Å². The summed E-state index contributed by atoms with van der Waals surface area (Å²) in [6.45, 7) is 1.17. The number of rotatable bonds is 3. The van der Waals surface area contributed by atoms with Crippen molar-refractivity contribution in [2.75, 3.05) is 0 Å². The molecule has 0 radical (unpaired) electrons. The number of hydrogen-bond donors (Lipinski definition) is 1. The van der Waals surface area contributed by atoms with Crippen LogP contribution < -0.4 is 5.73 Å². The summed E-state index contributed by atoms with van der Waals surface area (Å²) in [5.74, 6) is -2.06.